The molecule has 2 N–H and O–H groups in total. The Bertz CT molecular complexity index is 979. The molecule has 0 saturated heterocycles. The summed E-state index contributed by atoms with van der Waals surface area (Å²) in [6, 6.07) is 18.2. The molecule has 1 unspecified atom stereocenters. The molecular formula is C22H22ClN2O3+. The van der Waals surface area contributed by atoms with E-state index in [1.807, 2.05) is 43.4 Å². The number of quaternary nitrogens is 1. The largest absolute Gasteiger partial charge is 0.455 e. The monoisotopic (exact) mass is 397 g/mol. The van der Waals surface area contributed by atoms with Crippen molar-refractivity contribution >= 4 is 29.0 Å². The lowest BCUT2D eigenvalue weighted by atomic mass is 10.1. The van der Waals surface area contributed by atoms with Crippen LogP contribution in [0.25, 0.3) is 11.3 Å². The van der Waals surface area contributed by atoms with E-state index < -0.39 is 0 Å². The number of likely N-dealkylation sites (N-methyl/N-ethyl adjacent to an activating group) is 1. The maximum Gasteiger partial charge on any atom is 0.279 e. The molecule has 0 fully saturated rings. The van der Waals surface area contributed by atoms with Crippen LogP contribution in [-0.2, 0) is 11.3 Å². The first-order valence-electron chi connectivity index (χ1n) is 8.97. The van der Waals surface area contributed by atoms with Gasteiger partial charge in [-0.1, -0.05) is 23.7 Å². The lowest BCUT2D eigenvalue weighted by Crippen LogP contribution is -3.08. The van der Waals surface area contributed by atoms with E-state index in [4.69, 9.17) is 16.0 Å². The summed E-state index contributed by atoms with van der Waals surface area (Å²) in [5, 5.41) is 3.52. The van der Waals surface area contributed by atoms with Gasteiger partial charge in [-0.2, -0.15) is 0 Å². The van der Waals surface area contributed by atoms with Crippen LogP contribution in [0.1, 0.15) is 23.0 Å². The number of furan rings is 1. The van der Waals surface area contributed by atoms with Gasteiger partial charge >= 0.3 is 0 Å². The van der Waals surface area contributed by atoms with Gasteiger partial charge < -0.3 is 14.6 Å². The third kappa shape index (κ3) is 5.31. The number of halogens is 1. The van der Waals surface area contributed by atoms with Gasteiger partial charge in [0.2, 0.25) is 0 Å². The summed E-state index contributed by atoms with van der Waals surface area (Å²) in [4.78, 5) is 24.7. The number of hydrogen-bond acceptors (Lipinski definition) is 3. The highest BCUT2D eigenvalue weighted by Crippen LogP contribution is 2.23. The Morgan fingerprint density at radius 3 is 2.54 bits per heavy atom. The first-order chi connectivity index (χ1) is 13.4. The molecule has 3 rings (SSSR count). The zero-order valence-corrected chi connectivity index (χ0v) is 16.5. The molecule has 0 aliphatic rings. The molecule has 0 bridgehead atoms. The molecule has 144 valence electrons. The average Bonchev–Trinajstić information content (AvgIpc) is 3.10. The van der Waals surface area contributed by atoms with Crippen molar-refractivity contribution in [2.45, 2.75) is 13.5 Å². The van der Waals surface area contributed by atoms with Gasteiger partial charge in [0.1, 0.15) is 12.3 Å². The molecule has 1 amide bonds. The van der Waals surface area contributed by atoms with Gasteiger partial charge in [-0.15, -0.1) is 0 Å². The zero-order valence-electron chi connectivity index (χ0n) is 15.8. The number of rotatable bonds is 7. The molecule has 0 saturated carbocycles. The number of Topliss-reactive ketones (excluding diaryl/α,β-unsaturated/α-hetero) is 1. The Balaban J connectivity index is 1.56. The lowest BCUT2D eigenvalue weighted by Gasteiger charge is -2.13. The van der Waals surface area contributed by atoms with E-state index in [1.54, 1.807) is 24.3 Å². The van der Waals surface area contributed by atoms with E-state index in [0.29, 0.717) is 22.8 Å². The van der Waals surface area contributed by atoms with Gasteiger partial charge in [-0.3, -0.25) is 9.59 Å². The molecule has 0 radical (unpaired) electrons. The van der Waals surface area contributed by atoms with Crippen LogP contribution in [0.5, 0.6) is 0 Å². The minimum Gasteiger partial charge on any atom is -0.455 e. The van der Waals surface area contributed by atoms with Crippen LogP contribution in [-0.4, -0.2) is 25.3 Å². The summed E-state index contributed by atoms with van der Waals surface area (Å²) in [7, 11) is 1.93. The number of hydrogen-bond donors (Lipinski definition) is 2. The highest BCUT2D eigenvalue weighted by atomic mass is 35.5. The SMILES string of the molecule is CC(=O)c1cccc(NC(=O)C[NH+](C)Cc2ccc(-c3ccc(Cl)cc3)o2)c1. The molecule has 5 nitrogen and oxygen atoms in total. The first kappa shape index (κ1) is 19.9. The van der Waals surface area contributed by atoms with Gasteiger partial charge in [-0.05, 0) is 55.5 Å². The van der Waals surface area contributed by atoms with Crippen molar-refractivity contribution in [2.24, 2.45) is 0 Å². The van der Waals surface area contributed by atoms with Crippen molar-refractivity contribution in [3.05, 3.63) is 77.0 Å². The number of benzene rings is 2. The normalized spacial score (nSPS) is 11.8. The molecule has 3 aromatic rings. The zero-order chi connectivity index (χ0) is 20.1. The maximum atomic E-state index is 12.3. The standard InChI is InChI=1S/C22H21ClN2O3/c1-15(26)17-4-3-5-19(12-17)24-22(27)14-25(2)13-20-10-11-21(28-20)16-6-8-18(23)9-7-16/h3-12H,13-14H2,1-2H3,(H,24,27)/p+1. The third-order valence-corrected chi connectivity index (χ3v) is 4.53. The molecule has 6 heteroatoms. The van der Waals surface area contributed by atoms with Crippen molar-refractivity contribution in [1.82, 2.24) is 0 Å². The molecular weight excluding hydrogens is 376 g/mol. The van der Waals surface area contributed by atoms with Gasteiger partial charge in [0.15, 0.2) is 18.1 Å². The number of carbonyl (C=O) groups excluding carboxylic acids is 2. The molecule has 0 aliphatic carbocycles. The molecule has 1 atom stereocenters. The van der Waals surface area contributed by atoms with Crippen molar-refractivity contribution < 1.29 is 18.9 Å². The fourth-order valence-corrected chi connectivity index (χ4v) is 3.02. The number of anilines is 1. The van der Waals surface area contributed by atoms with Crippen LogP contribution in [0.4, 0.5) is 5.69 Å². The fourth-order valence-electron chi connectivity index (χ4n) is 2.90. The number of amides is 1. The Morgan fingerprint density at radius 1 is 1.07 bits per heavy atom. The van der Waals surface area contributed by atoms with Crippen LogP contribution >= 0.6 is 11.6 Å². The van der Waals surface area contributed by atoms with Crippen LogP contribution in [0, 0.1) is 0 Å². The minimum atomic E-state index is -0.123. The van der Waals surface area contributed by atoms with Crippen molar-refractivity contribution in [1.29, 1.82) is 0 Å². The number of ketones is 1. The van der Waals surface area contributed by atoms with Crippen LogP contribution in [0.3, 0.4) is 0 Å². The van der Waals surface area contributed by atoms with Crippen LogP contribution < -0.4 is 10.2 Å². The predicted molar refractivity (Wildman–Crippen MR) is 110 cm³/mol. The average molecular weight is 398 g/mol. The second kappa shape index (κ2) is 8.87. The highest BCUT2D eigenvalue weighted by Gasteiger charge is 2.14. The van der Waals surface area contributed by atoms with Crippen LogP contribution in [0.2, 0.25) is 5.02 Å². The van der Waals surface area contributed by atoms with Gasteiger partial charge in [0.05, 0.1) is 7.05 Å². The smallest absolute Gasteiger partial charge is 0.279 e. The Morgan fingerprint density at radius 2 is 1.82 bits per heavy atom. The summed E-state index contributed by atoms with van der Waals surface area (Å²) in [6.07, 6.45) is 0. The molecule has 28 heavy (non-hydrogen) atoms. The van der Waals surface area contributed by atoms with Crippen molar-refractivity contribution in [2.75, 3.05) is 18.9 Å². The van der Waals surface area contributed by atoms with Crippen LogP contribution in [0.15, 0.2) is 65.1 Å². The minimum absolute atomic E-state index is 0.0341. The topological polar surface area (TPSA) is 63.8 Å². The molecule has 0 aliphatic heterocycles. The summed E-state index contributed by atoms with van der Waals surface area (Å²) in [5.41, 5.74) is 2.15. The molecule has 0 spiro atoms. The molecule has 1 heterocycles. The fraction of sp³-hybridized carbons (Fsp3) is 0.182. The number of carbonyl (C=O) groups is 2. The quantitative estimate of drug-likeness (QED) is 0.600. The van der Waals surface area contributed by atoms with Crippen molar-refractivity contribution in [3.8, 4) is 11.3 Å². The van der Waals surface area contributed by atoms with E-state index in [0.717, 1.165) is 22.0 Å². The van der Waals surface area contributed by atoms with Crippen molar-refractivity contribution in [3.63, 3.8) is 0 Å². The second-order valence-electron chi connectivity index (χ2n) is 6.77. The summed E-state index contributed by atoms with van der Waals surface area (Å²) in [5.74, 6) is 1.41. The molecule has 1 aromatic heterocycles. The maximum absolute atomic E-state index is 12.3. The predicted octanol–water partition coefficient (Wildman–Crippen LogP) is 3.46. The van der Waals surface area contributed by atoms with Gasteiger partial charge in [0, 0.05) is 21.8 Å². The van der Waals surface area contributed by atoms with E-state index >= 15 is 0 Å². The van der Waals surface area contributed by atoms with Gasteiger partial charge in [0.25, 0.3) is 5.91 Å². The van der Waals surface area contributed by atoms with E-state index in [-0.39, 0.29) is 18.2 Å². The van der Waals surface area contributed by atoms with E-state index in [2.05, 4.69) is 5.32 Å². The number of nitrogens with one attached hydrogen (secondary N) is 2. The van der Waals surface area contributed by atoms with E-state index in [9.17, 15) is 9.59 Å². The third-order valence-electron chi connectivity index (χ3n) is 4.28. The Kier molecular flexibility index (Phi) is 6.29. The summed E-state index contributed by atoms with van der Waals surface area (Å²) in [6.45, 7) is 2.36. The second-order valence-corrected chi connectivity index (χ2v) is 7.21. The lowest BCUT2D eigenvalue weighted by molar-refractivity contribution is -0.886. The first-order valence-corrected chi connectivity index (χ1v) is 9.35. The van der Waals surface area contributed by atoms with E-state index in [1.165, 1.54) is 6.92 Å². The van der Waals surface area contributed by atoms with Gasteiger partial charge in [-0.25, -0.2) is 0 Å². The molecule has 2 aromatic carbocycles. The summed E-state index contributed by atoms with van der Waals surface area (Å²) < 4.78 is 5.89. The Hall–Kier alpha value is -2.89. The Labute approximate surface area is 168 Å². The highest BCUT2D eigenvalue weighted by molar-refractivity contribution is 6.30. The summed E-state index contributed by atoms with van der Waals surface area (Å²) >= 11 is 5.92.